The molecule has 1 aromatic carbocycles. The zero-order valence-electron chi connectivity index (χ0n) is 18.9. The first-order valence-electron chi connectivity index (χ1n) is 11.0. The molecule has 166 valence electrons. The van der Waals surface area contributed by atoms with Crippen molar-refractivity contribution in [1.29, 1.82) is 0 Å². The van der Waals surface area contributed by atoms with Crippen molar-refractivity contribution in [3.8, 4) is 0 Å². The van der Waals surface area contributed by atoms with Gasteiger partial charge in [0.25, 0.3) is 0 Å². The summed E-state index contributed by atoms with van der Waals surface area (Å²) in [5, 5.41) is 9.56. The van der Waals surface area contributed by atoms with E-state index < -0.39 is 0 Å². The van der Waals surface area contributed by atoms with Crippen LogP contribution in [-0.2, 0) is 16.1 Å². The third-order valence-electron chi connectivity index (χ3n) is 5.49. The summed E-state index contributed by atoms with van der Waals surface area (Å²) in [7, 11) is 3.66. The summed E-state index contributed by atoms with van der Waals surface area (Å²) in [5.74, 6) is 0.953. The Hall–Kier alpha value is -2.57. The quantitative estimate of drug-likeness (QED) is 0.427. The van der Waals surface area contributed by atoms with Gasteiger partial charge in [0.1, 0.15) is 0 Å². The maximum absolute atomic E-state index is 12.8. The minimum atomic E-state index is -0.335. The lowest BCUT2D eigenvalue weighted by Crippen LogP contribution is -2.49. The van der Waals surface area contributed by atoms with E-state index in [0.29, 0.717) is 19.5 Å². The summed E-state index contributed by atoms with van der Waals surface area (Å²) in [6.45, 7) is 5.89. The van der Waals surface area contributed by atoms with Crippen LogP contribution in [0, 0.1) is 5.41 Å². The molecule has 0 bridgehead atoms. The van der Waals surface area contributed by atoms with Gasteiger partial charge in [-0.05, 0) is 43.9 Å². The van der Waals surface area contributed by atoms with Gasteiger partial charge in [0, 0.05) is 39.3 Å². The topological polar surface area (TPSA) is 85.8 Å². The number of hydrogen-bond donors (Lipinski definition) is 3. The van der Waals surface area contributed by atoms with Gasteiger partial charge < -0.3 is 20.9 Å². The highest BCUT2D eigenvalue weighted by Gasteiger charge is 2.42. The maximum Gasteiger partial charge on any atom is 0.230 e. The van der Waals surface area contributed by atoms with E-state index in [2.05, 4.69) is 20.9 Å². The second kappa shape index (κ2) is 11.6. The fraction of sp³-hybridized carbons (Fsp3) is 0.609. The molecule has 1 fully saturated rings. The molecule has 7 heteroatoms. The summed E-state index contributed by atoms with van der Waals surface area (Å²) < 4.78 is 0. The molecule has 0 saturated heterocycles. The number of amides is 2. The third-order valence-corrected chi connectivity index (χ3v) is 5.49. The normalized spacial score (nSPS) is 15.5. The molecule has 2 rings (SSSR count). The number of rotatable bonds is 9. The van der Waals surface area contributed by atoms with Crippen LogP contribution in [0.2, 0.25) is 0 Å². The van der Waals surface area contributed by atoms with Crippen LogP contribution in [0.3, 0.4) is 0 Å². The number of aliphatic imine (C=N–C) groups is 1. The van der Waals surface area contributed by atoms with Gasteiger partial charge in [0.15, 0.2) is 5.96 Å². The Kier molecular flexibility index (Phi) is 9.15. The Balaban J connectivity index is 1.98. The largest absolute Gasteiger partial charge is 0.357 e. The molecule has 0 aromatic heterocycles. The Morgan fingerprint density at radius 3 is 2.30 bits per heavy atom. The first kappa shape index (κ1) is 23.7. The lowest BCUT2D eigenvalue weighted by atomic mass is 9.84. The van der Waals surface area contributed by atoms with Gasteiger partial charge in [-0.1, -0.05) is 31.9 Å². The molecule has 30 heavy (non-hydrogen) atoms. The van der Waals surface area contributed by atoms with Crippen molar-refractivity contribution < 1.29 is 9.59 Å². The summed E-state index contributed by atoms with van der Waals surface area (Å²) >= 11 is 0. The molecule has 3 N–H and O–H groups in total. The number of anilines is 1. The van der Waals surface area contributed by atoms with Crippen LogP contribution in [0.5, 0.6) is 0 Å². The fourth-order valence-corrected chi connectivity index (χ4v) is 3.90. The number of benzene rings is 1. The summed E-state index contributed by atoms with van der Waals surface area (Å²) in [5.41, 5.74) is 1.52. The van der Waals surface area contributed by atoms with Crippen molar-refractivity contribution in [1.82, 2.24) is 15.5 Å². The monoisotopic (exact) mass is 415 g/mol. The SMILES string of the molecule is CCCC(=O)Nc1ccc(CN=C(NCC)NCC2(C(=O)N(C)C)CCCC2)cc1. The molecule has 1 aliphatic carbocycles. The Morgan fingerprint density at radius 2 is 1.73 bits per heavy atom. The average molecular weight is 416 g/mol. The minimum Gasteiger partial charge on any atom is -0.357 e. The van der Waals surface area contributed by atoms with Crippen LogP contribution in [0.1, 0.15) is 57.9 Å². The summed E-state index contributed by atoms with van der Waals surface area (Å²) in [6.07, 6.45) is 5.39. The van der Waals surface area contributed by atoms with Crippen LogP contribution >= 0.6 is 0 Å². The van der Waals surface area contributed by atoms with Crippen molar-refractivity contribution in [2.45, 2.75) is 58.9 Å². The van der Waals surface area contributed by atoms with E-state index >= 15 is 0 Å². The molecular formula is C23H37N5O2. The Morgan fingerprint density at radius 1 is 1.07 bits per heavy atom. The van der Waals surface area contributed by atoms with Gasteiger partial charge in [-0.25, -0.2) is 4.99 Å². The van der Waals surface area contributed by atoms with Crippen molar-refractivity contribution >= 4 is 23.5 Å². The van der Waals surface area contributed by atoms with Crippen molar-refractivity contribution in [2.75, 3.05) is 32.5 Å². The molecule has 1 aromatic rings. The molecule has 0 heterocycles. The van der Waals surface area contributed by atoms with E-state index in [0.717, 1.165) is 55.9 Å². The minimum absolute atomic E-state index is 0.0371. The average Bonchev–Trinajstić information content (AvgIpc) is 3.20. The number of nitrogens with one attached hydrogen (secondary N) is 3. The van der Waals surface area contributed by atoms with E-state index in [-0.39, 0.29) is 17.2 Å². The van der Waals surface area contributed by atoms with E-state index in [4.69, 9.17) is 0 Å². The van der Waals surface area contributed by atoms with E-state index in [9.17, 15) is 9.59 Å². The zero-order chi connectivity index (χ0) is 22.0. The molecule has 2 amide bonds. The molecule has 0 aliphatic heterocycles. The fourth-order valence-electron chi connectivity index (χ4n) is 3.90. The number of carbonyl (C=O) groups excluding carboxylic acids is 2. The standard InChI is InChI=1S/C23H37N5O2/c1-5-9-20(29)27-19-12-10-18(11-13-19)16-25-22(24-6-2)26-17-23(14-7-8-15-23)21(30)28(3)4/h10-13H,5-9,14-17H2,1-4H3,(H,27,29)(H2,24,25,26). The van der Waals surface area contributed by atoms with Crippen LogP contribution < -0.4 is 16.0 Å². The van der Waals surface area contributed by atoms with Crippen LogP contribution in [0.4, 0.5) is 5.69 Å². The first-order chi connectivity index (χ1) is 14.4. The Labute approximate surface area is 180 Å². The summed E-state index contributed by atoms with van der Waals surface area (Å²) in [4.78, 5) is 30.9. The second-order valence-electron chi connectivity index (χ2n) is 8.23. The highest BCUT2D eigenvalue weighted by atomic mass is 16.2. The third kappa shape index (κ3) is 6.75. The van der Waals surface area contributed by atoms with Gasteiger partial charge in [-0.3, -0.25) is 9.59 Å². The van der Waals surface area contributed by atoms with Gasteiger partial charge in [0.2, 0.25) is 11.8 Å². The van der Waals surface area contributed by atoms with Crippen molar-refractivity contribution in [3.63, 3.8) is 0 Å². The van der Waals surface area contributed by atoms with E-state index in [1.165, 1.54) is 0 Å². The van der Waals surface area contributed by atoms with Gasteiger partial charge >= 0.3 is 0 Å². The molecule has 0 radical (unpaired) electrons. The van der Waals surface area contributed by atoms with Gasteiger partial charge in [0.05, 0.1) is 12.0 Å². The predicted octanol–water partition coefficient (Wildman–Crippen LogP) is 3.13. The molecule has 0 atom stereocenters. The lowest BCUT2D eigenvalue weighted by molar-refractivity contribution is -0.138. The molecule has 0 spiro atoms. The smallest absolute Gasteiger partial charge is 0.230 e. The highest BCUT2D eigenvalue weighted by Crippen LogP contribution is 2.38. The van der Waals surface area contributed by atoms with Gasteiger partial charge in [-0.15, -0.1) is 0 Å². The number of guanidine groups is 1. The zero-order valence-corrected chi connectivity index (χ0v) is 18.9. The molecule has 1 aliphatic rings. The Bertz CT molecular complexity index is 722. The van der Waals surface area contributed by atoms with Crippen molar-refractivity contribution in [3.05, 3.63) is 29.8 Å². The number of nitrogens with zero attached hydrogens (tertiary/aromatic N) is 2. The first-order valence-corrected chi connectivity index (χ1v) is 11.0. The molecule has 7 nitrogen and oxygen atoms in total. The number of carbonyl (C=O) groups is 2. The van der Waals surface area contributed by atoms with Gasteiger partial charge in [-0.2, -0.15) is 0 Å². The molecular weight excluding hydrogens is 378 g/mol. The number of hydrogen-bond acceptors (Lipinski definition) is 3. The maximum atomic E-state index is 12.8. The van der Waals surface area contributed by atoms with E-state index in [1.54, 1.807) is 4.90 Å². The molecule has 0 unspecified atom stereocenters. The van der Waals surface area contributed by atoms with E-state index in [1.807, 2.05) is 52.2 Å². The van der Waals surface area contributed by atoms with Crippen LogP contribution in [0.25, 0.3) is 0 Å². The van der Waals surface area contributed by atoms with Crippen LogP contribution in [-0.4, -0.2) is 49.9 Å². The predicted molar refractivity (Wildman–Crippen MR) is 122 cm³/mol. The second-order valence-corrected chi connectivity index (χ2v) is 8.23. The molecule has 1 saturated carbocycles. The van der Waals surface area contributed by atoms with Crippen molar-refractivity contribution in [2.24, 2.45) is 10.4 Å². The summed E-state index contributed by atoms with van der Waals surface area (Å²) in [6, 6.07) is 7.76. The highest BCUT2D eigenvalue weighted by molar-refractivity contribution is 5.90. The van der Waals surface area contributed by atoms with Crippen LogP contribution in [0.15, 0.2) is 29.3 Å². The lowest BCUT2D eigenvalue weighted by Gasteiger charge is -2.31.